The number of rotatable bonds is 2. The van der Waals surface area contributed by atoms with Gasteiger partial charge >= 0.3 is 0 Å². The van der Waals surface area contributed by atoms with Gasteiger partial charge in [0.25, 0.3) is 0 Å². The summed E-state index contributed by atoms with van der Waals surface area (Å²) in [4.78, 5) is 4.71. The molecule has 24 heavy (non-hydrogen) atoms. The van der Waals surface area contributed by atoms with Crippen LogP contribution in [-0.2, 0) is 0 Å². The third-order valence-corrected chi connectivity index (χ3v) is 5.03. The van der Waals surface area contributed by atoms with Crippen LogP contribution in [0.5, 0.6) is 11.5 Å². The third-order valence-electron chi connectivity index (χ3n) is 4.07. The van der Waals surface area contributed by atoms with E-state index in [0.717, 1.165) is 27.6 Å². The van der Waals surface area contributed by atoms with E-state index in [9.17, 15) is 10.2 Å². The number of hydrogen-bond donors (Lipinski definition) is 3. The lowest BCUT2D eigenvalue weighted by Crippen LogP contribution is -2.05. The molecule has 1 aliphatic heterocycles. The molecule has 5 heteroatoms. The second-order valence-electron chi connectivity index (χ2n) is 5.66. The van der Waals surface area contributed by atoms with Gasteiger partial charge in [0, 0.05) is 16.8 Å². The van der Waals surface area contributed by atoms with Gasteiger partial charge < -0.3 is 15.5 Å². The summed E-state index contributed by atoms with van der Waals surface area (Å²) in [6, 6.07) is 19.2. The van der Waals surface area contributed by atoms with E-state index in [1.165, 1.54) is 11.5 Å². The van der Waals surface area contributed by atoms with Gasteiger partial charge in [-0.25, -0.2) is 0 Å². The lowest BCUT2D eigenvalue weighted by atomic mass is 10.1. The Labute approximate surface area is 143 Å². The van der Waals surface area contributed by atoms with Gasteiger partial charge in [-0.3, -0.25) is 4.99 Å². The van der Waals surface area contributed by atoms with E-state index in [2.05, 4.69) is 23.5 Å². The Morgan fingerprint density at radius 3 is 2.67 bits per heavy atom. The fourth-order valence-corrected chi connectivity index (χ4v) is 3.78. The topological polar surface area (TPSA) is 64.8 Å². The molecule has 0 bridgehead atoms. The average molecular weight is 336 g/mol. The Balaban J connectivity index is 1.60. The Morgan fingerprint density at radius 1 is 0.958 bits per heavy atom. The monoisotopic (exact) mass is 336 g/mol. The van der Waals surface area contributed by atoms with Crippen molar-refractivity contribution in [3.63, 3.8) is 0 Å². The van der Waals surface area contributed by atoms with Gasteiger partial charge in [0.2, 0.25) is 0 Å². The number of hydrogen-bond acceptors (Lipinski definition) is 5. The first-order chi connectivity index (χ1) is 11.7. The Morgan fingerprint density at radius 2 is 1.79 bits per heavy atom. The fraction of sp³-hybridized carbons (Fsp3) is 0.105. The number of anilines is 1. The zero-order valence-corrected chi connectivity index (χ0v) is 13.6. The molecule has 1 heterocycles. The molecule has 0 fully saturated rings. The number of thioether (sulfide) groups is 1. The number of aliphatic imine (C=N–C) groups is 1. The summed E-state index contributed by atoms with van der Waals surface area (Å²) in [5.41, 5.74) is 1.93. The predicted octanol–water partition coefficient (Wildman–Crippen LogP) is 4.51. The standard InChI is InChI=1S/C19H16N2O2S/c22-17-9-8-13(10-18(17)23)16-11-24-19(21-16)20-15-7-3-5-12-4-1-2-6-14(12)15/h1-10,16,22-23H,11H2,(H,20,21). The maximum atomic E-state index is 9.66. The Bertz CT molecular complexity index is 934. The van der Waals surface area contributed by atoms with E-state index in [0.29, 0.717) is 0 Å². The van der Waals surface area contributed by atoms with Crippen LogP contribution < -0.4 is 5.32 Å². The molecule has 1 unspecified atom stereocenters. The lowest BCUT2D eigenvalue weighted by Gasteiger charge is -2.09. The molecular weight excluding hydrogens is 320 g/mol. The first-order valence-electron chi connectivity index (χ1n) is 7.68. The number of aromatic hydroxyl groups is 2. The van der Waals surface area contributed by atoms with Crippen LogP contribution in [0.3, 0.4) is 0 Å². The third kappa shape index (κ3) is 2.78. The molecule has 4 rings (SSSR count). The van der Waals surface area contributed by atoms with E-state index in [4.69, 9.17) is 4.99 Å². The van der Waals surface area contributed by atoms with Gasteiger partial charge in [-0.05, 0) is 29.1 Å². The van der Waals surface area contributed by atoms with E-state index in [1.807, 2.05) is 24.3 Å². The van der Waals surface area contributed by atoms with E-state index in [-0.39, 0.29) is 17.5 Å². The Hall–Kier alpha value is -2.66. The normalized spacial score (nSPS) is 17.0. The molecule has 0 aliphatic carbocycles. The summed E-state index contributed by atoms with van der Waals surface area (Å²) in [6.07, 6.45) is 0. The molecule has 0 amide bonds. The van der Waals surface area contributed by atoms with Crippen molar-refractivity contribution >= 4 is 33.4 Å². The maximum Gasteiger partial charge on any atom is 0.161 e. The zero-order chi connectivity index (χ0) is 16.5. The average Bonchev–Trinajstić information content (AvgIpc) is 3.06. The highest BCUT2D eigenvalue weighted by atomic mass is 32.2. The number of nitrogens with one attached hydrogen (secondary N) is 1. The predicted molar refractivity (Wildman–Crippen MR) is 100.0 cm³/mol. The lowest BCUT2D eigenvalue weighted by molar-refractivity contribution is 0.403. The summed E-state index contributed by atoms with van der Waals surface area (Å²) in [5, 5.41) is 25.7. The van der Waals surface area contributed by atoms with Crippen molar-refractivity contribution in [3.8, 4) is 11.5 Å². The van der Waals surface area contributed by atoms with Crippen LogP contribution in [0, 0.1) is 0 Å². The minimum atomic E-state index is -0.109. The molecule has 0 radical (unpaired) electrons. The van der Waals surface area contributed by atoms with E-state index in [1.54, 1.807) is 23.9 Å². The van der Waals surface area contributed by atoms with Crippen LogP contribution in [-0.4, -0.2) is 21.1 Å². The van der Waals surface area contributed by atoms with Crippen molar-refractivity contribution in [2.75, 3.05) is 11.1 Å². The van der Waals surface area contributed by atoms with Crippen LogP contribution in [0.15, 0.2) is 65.7 Å². The minimum absolute atomic E-state index is 0.0287. The van der Waals surface area contributed by atoms with Crippen molar-refractivity contribution < 1.29 is 10.2 Å². The van der Waals surface area contributed by atoms with Crippen LogP contribution >= 0.6 is 11.8 Å². The quantitative estimate of drug-likeness (QED) is 0.603. The van der Waals surface area contributed by atoms with Crippen LogP contribution in [0.2, 0.25) is 0 Å². The summed E-state index contributed by atoms with van der Waals surface area (Å²) in [5.74, 6) is 0.586. The maximum absolute atomic E-state index is 9.66. The molecule has 1 aliphatic rings. The number of nitrogens with zero attached hydrogens (tertiary/aromatic N) is 1. The van der Waals surface area contributed by atoms with Crippen molar-refractivity contribution in [1.82, 2.24) is 0 Å². The van der Waals surface area contributed by atoms with Crippen LogP contribution in [0.1, 0.15) is 11.6 Å². The number of amidine groups is 1. The van der Waals surface area contributed by atoms with Gasteiger partial charge in [0.05, 0.1) is 6.04 Å². The SMILES string of the molecule is Oc1ccc(C2CSC(Nc3cccc4ccccc34)=N2)cc1O. The molecule has 3 aromatic carbocycles. The molecule has 3 N–H and O–H groups in total. The summed E-state index contributed by atoms with van der Waals surface area (Å²) >= 11 is 1.65. The van der Waals surface area contributed by atoms with Gasteiger partial charge in [-0.2, -0.15) is 0 Å². The smallest absolute Gasteiger partial charge is 0.161 e. The molecule has 120 valence electrons. The van der Waals surface area contributed by atoms with Gasteiger partial charge in [-0.15, -0.1) is 0 Å². The van der Waals surface area contributed by atoms with E-state index < -0.39 is 0 Å². The largest absolute Gasteiger partial charge is 0.504 e. The van der Waals surface area contributed by atoms with Crippen molar-refractivity contribution in [2.45, 2.75) is 6.04 Å². The van der Waals surface area contributed by atoms with Crippen molar-refractivity contribution in [3.05, 3.63) is 66.2 Å². The molecule has 0 saturated heterocycles. The fourth-order valence-electron chi connectivity index (χ4n) is 2.81. The van der Waals surface area contributed by atoms with Crippen LogP contribution in [0.4, 0.5) is 5.69 Å². The number of phenolic OH excluding ortho intramolecular Hbond substituents is 2. The molecule has 0 aromatic heterocycles. The highest BCUT2D eigenvalue weighted by Crippen LogP contribution is 2.35. The molecule has 1 atom stereocenters. The van der Waals surface area contributed by atoms with Gasteiger partial charge in [-0.1, -0.05) is 54.2 Å². The van der Waals surface area contributed by atoms with E-state index >= 15 is 0 Å². The van der Waals surface area contributed by atoms with Crippen molar-refractivity contribution in [1.29, 1.82) is 0 Å². The van der Waals surface area contributed by atoms with Crippen molar-refractivity contribution in [2.24, 2.45) is 4.99 Å². The van der Waals surface area contributed by atoms with Gasteiger partial charge in [0.15, 0.2) is 16.7 Å². The second-order valence-corrected chi connectivity index (χ2v) is 6.67. The van der Waals surface area contributed by atoms with Gasteiger partial charge in [0.1, 0.15) is 0 Å². The minimum Gasteiger partial charge on any atom is -0.504 e. The zero-order valence-electron chi connectivity index (χ0n) is 12.8. The highest BCUT2D eigenvalue weighted by molar-refractivity contribution is 8.14. The molecular formula is C19H16N2O2S. The summed E-state index contributed by atoms with van der Waals surface area (Å²) < 4.78 is 0. The number of phenols is 2. The first-order valence-corrected chi connectivity index (χ1v) is 8.66. The summed E-state index contributed by atoms with van der Waals surface area (Å²) in [6.45, 7) is 0. The highest BCUT2D eigenvalue weighted by Gasteiger charge is 2.21. The number of benzene rings is 3. The first kappa shape index (κ1) is 14.9. The summed E-state index contributed by atoms with van der Waals surface area (Å²) in [7, 11) is 0. The molecule has 0 spiro atoms. The molecule has 0 saturated carbocycles. The second kappa shape index (κ2) is 6.09. The molecule has 4 nitrogen and oxygen atoms in total. The molecule has 3 aromatic rings. The number of fused-ring (bicyclic) bond motifs is 1. The Kier molecular flexibility index (Phi) is 3.78. The van der Waals surface area contributed by atoms with Crippen LogP contribution in [0.25, 0.3) is 10.8 Å².